The fourth-order valence-electron chi connectivity index (χ4n) is 1.52. The van der Waals surface area contributed by atoms with Crippen LogP contribution in [0.15, 0.2) is 29.9 Å². The molecule has 0 radical (unpaired) electrons. The number of hydrogen-bond acceptors (Lipinski definition) is 3. The Labute approximate surface area is 93.2 Å². The van der Waals surface area contributed by atoms with Crippen molar-refractivity contribution in [1.82, 2.24) is 9.88 Å². The normalized spacial score (nSPS) is 21.5. The average molecular weight is 220 g/mol. The van der Waals surface area contributed by atoms with Gasteiger partial charge in [0.15, 0.2) is 0 Å². The van der Waals surface area contributed by atoms with Gasteiger partial charge >= 0.3 is 0 Å². The van der Waals surface area contributed by atoms with Gasteiger partial charge in [-0.15, -0.1) is 0 Å². The van der Waals surface area contributed by atoms with E-state index in [0.29, 0.717) is 0 Å². The van der Waals surface area contributed by atoms with Crippen LogP contribution in [0.4, 0.5) is 4.79 Å². The molecule has 2 heterocycles. The summed E-state index contributed by atoms with van der Waals surface area (Å²) in [4.78, 5) is 17.1. The molecule has 0 saturated heterocycles. The summed E-state index contributed by atoms with van der Waals surface area (Å²) in [7, 11) is 1.83. The SMILES string of the molecule is CC1C(c2ccncc2)=CSC(=O)N1C. The lowest BCUT2D eigenvalue weighted by Crippen LogP contribution is -2.35. The predicted molar refractivity (Wildman–Crippen MR) is 62.4 cm³/mol. The van der Waals surface area contributed by atoms with E-state index < -0.39 is 0 Å². The van der Waals surface area contributed by atoms with Crippen molar-refractivity contribution in [3.63, 3.8) is 0 Å². The van der Waals surface area contributed by atoms with Crippen LogP contribution in [0.2, 0.25) is 0 Å². The molecule has 1 atom stereocenters. The Morgan fingerprint density at radius 1 is 1.40 bits per heavy atom. The molecular formula is C11H12N2OS. The van der Waals surface area contributed by atoms with Crippen LogP contribution in [-0.2, 0) is 0 Å². The molecular weight excluding hydrogens is 208 g/mol. The summed E-state index contributed by atoms with van der Waals surface area (Å²) in [6.45, 7) is 2.03. The van der Waals surface area contributed by atoms with Gasteiger partial charge in [-0.05, 0) is 47.4 Å². The van der Waals surface area contributed by atoms with E-state index in [9.17, 15) is 4.79 Å². The molecule has 1 unspecified atom stereocenters. The fraction of sp³-hybridized carbons (Fsp3) is 0.273. The third-order valence-corrected chi connectivity index (χ3v) is 3.48. The highest BCUT2D eigenvalue weighted by Crippen LogP contribution is 2.31. The molecule has 1 aromatic rings. The Morgan fingerprint density at radius 2 is 2.07 bits per heavy atom. The first-order valence-electron chi connectivity index (χ1n) is 4.74. The smallest absolute Gasteiger partial charge is 0.286 e. The van der Waals surface area contributed by atoms with Gasteiger partial charge in [-0.1, -0.05) is 0 Å². The number of carbonyl (C=O) groups excluding carboxylic acids is 1. The molecule has 4 heteroatoms. The molecule has 1 aromatic heterocycles. The van der Waals surface area contributed by atoms with Crippen molar-refractivity contribution in [2.75, 3.05) is 7.05 Å². The van der Waals surface area contributed by atoms with Crippen LogP contribution in [0.25, 0.3) is 5.57 Å². The summed E-state index contributed by atoms with van der Waals surface area (Å²) in [5, 5.41) is 2.03. The summed E-state index contributed by atoms with van der Waals surface area (Å²) < 4.78 is 0. The van der Waals surface area contributed by atoms with Crippen molar-refractivity contribution in [3.8, 4) is 0 Å². The van der Waals surface area contributed by atoms with Crippen molar-refractivity contribution < 1.29 is 4.79 Å². The highest BCUT2D eigenvalue weighted by Gasteiger charge is 2.24. The van der Waals surface area contributed by atoms with Crippen LogP contribution in [0.5, 0.6) is 0 Å². The molecule has 0 spiro atoms. The summed E-state index contributed by atoms with van der Waals surface area (Å²) in [5.74, 6) is 0. The standard InChI is InChI=1S/C11H12N2OS/c1-8-10(7-15-11(14)13(8)2)9-3-5-12-6-4-9/h3-8H,1-2H3. The van der Waals surface area contributed by atoms with Crippen molar-refractivity contribution >= 4 is 22.6 Å². The van der Waals surface area contributed by atoms with E-state index in [4.69, 9.17) is 0 Å². The van der Waals surface area contributed by atoms with E-state index in [-0.39, 0.29) is 11.3 Å². The minimum absolute atomic E-state index is 0.0975. The Kier molecular flexibility index (Phi) is 2.77. The molecule has 2 rings (SSSR count). The lowest BCUT2D eigenvalue weighted by Gasteiger charge is -2.30. The Morgan fingerprint density at radius 3 is 2.73 bits per heavy atom. The van der Waals surface area contributed by atoms with Gasteiger partial charge in [0, 0.05) is 19.4 Å². The highest BCUT2D eigenvalue weighted by atomic mass is 32.2. The number of rotatable bonds is 1. The lowest BCUT2D eigenvalue weighted by atomic mass is 10.0. The molecule has 15 heavy (non-hydrogen) atoms. The highest BCUT2D eigenvalue weighted by molar-refractivity contribution is 8.16. The molecule has 78 valence electrons. The second-order valence-corrected chi connectivity index (χ2v) is 4.30. The second kappa shape index (κ2) is 4.06. The van der Waals surface area contributed by atoms with E-state index in [1.165, 1.54) is 17.3 Å². The summed E-state index contributed by atoms with van der Waals surface area (Å²) >= 11 is 1.24. The quantitative estimate of drug-likeness (QED) is 0.729. The minimum atomic E-state index is 0.0975. The maximum absolute atomic E-state index is 11.4. The van der Waals surface area contributed by atoms with Crippen LogP contribution >= 0.6 is 11.8 Å². The molecule has 3 nitrogen and oxygen atoms in total. The van der Waals surface area contributed by atoms with Gasteiger partial charge in [0.2, 0.25) is 0 Å². The van der Waals surface area contributed by atoms with Gasteiger partial charge in [-0.2, -0.15) is 0 Å². The minimum Gasteiger partial charge on any atom is -0.330 e. The zero-order chi connectivity index (χ0) is 10.8. The van der Waals surface area contributed by atoms with Crippen LogP contribution in [-0.4, -0.2) is 28.2 Å². The second-order valence-electron chi connectivity index (χ2n) is 3.48. The number of likely N-dealkylation sites (N-methyl/N-ethyl adjacent to an activating group) is 1. The number of thioether (sulfide) groups is 1. The largest absolute Gasteiger partial charge is 0.330 e. The van der Waals surface area contributed by atoms with Crippen molar-refractivity contribution in [1.29, 1.82) is 0 Å². The topological polar surface area (TPSA) is 33.2 Å². The number of hydrogen-bond donors (Lipinski definition) is 0. The van der Waals surface area contributed by atoms with Gasteiger partial charge in [-0.3, -0.25) is 9.78 Å². The first kappa shape index (κ1) is 10.2. The van der Waals surface area contributed by atoms with Crippen LogP contribution in [0.1, 0.15) is 12.5 Å². The zero-order valence-corrected chi connectivity index (χ0v) is 9.49. The maximum atomic E-state index is 11.4. The fourth-order valence-corrected chi connectivity index (χ4v) is 2.40. The van der Waals surface area contributed by atoms with Crippen molar-refractivity contribution in [2.45, 2.75) is 13.0 Å². The number of nitrogens with zero attached hydrogens (tertiary/aromatic N) is 2. The van der Waals surface area contributed by atoms with Gasteiger partial charge in [0.1, 0.15) is 0 Å². The molecule has 0 bridgehead atoms. The monoisotopic (exact) mass is 220 g/mol. The third-order valence-electron chi connectivity index (χ3n) is 2.62. The van der Waals surface area contributed by atoms with Gasteiger partial charge in [0.25, 0.3) is 5.24 Å². The first-order valence-corrected chi connectivity index (χ1v) is 5.62. The van der Waals surface area contributed by atoms with Crippen LogP contribution in [0, 0.1) is 0 Å². The van der Waals surface area contributed by atoms with Crippen LogP contribution in [0.3, 0.4) is 0 Å². The maximum Gasteiger partial charge on any atom is 0.286 e. The van der Waals surface area contributed by atoms with Crippen LogP contribution < -0.4 is 0 Å². The number of pyridine rings is 1. The molecule has 1 aliphatic heterocycles. The summed E-state index contributed by atoms with van der Waals surface area (Å²) in [6.07, 6.45) is 3.54. The van der Waals surface area contributed by atoms with Crippen molar-refractivity contribution in [2.24, 2.45) is 0 Å². The molecule has 0 N–H and O–H groups in total. The first-order chi connectivity index (χ1) is 7.20. The zero-order valence-electron chi connectivity index (χ0n) is 8.68. The van der Waals surface area contributed by atoms with E-state index >= 15 is 0 Å². The predicted octanol–water partition coefficient (Wildman–Crippen LogP) is 2.61. The number of carbonyl (C=O) groups is 1. The van der Waals surface area contributed by atoms with E-state index in [2.05, 4.69) is 4.98 Å². The molecule has 0 aliphatic carbocycles. The van der Waals surface area contributed by atoms with Gasteiger partial charge in [-0.25, -0.2) is 0 Å². The summed E-state index contributed by atoms with van der Waals surface area (Å²) in [5.41, 5.74) is 2.30. The summed E-state index contributed by atoms with van der Waals surface area (Å²) in [6, 6.07) is 4.06. The lowest BCUT2D eigenvalue weighted by molar-refractivity contribution is 0.228. The molecule has 0 aromatic carbocycles. The molecule has 0 saturated carbocycles. The third kappa shape index (κ3) is 1.90. The van der Waals surface area contributed by atoms with Gasteiger partial charge < -0.3 is 4.90 Å². The van der Waals surface area contributed by atoms with E-state index in [0.717, 1.165) is 5.56 Å². The average Bonchev–Trinajstić information content (AvgIpc) is 2.27. The van der Waals surface area contributed by atoms with E-state index in [1.807, 2.05) is 31.5 Å². The van der Waals surface area contributed by atoms with Crippen molar-refractivity contribution in [3.05, 3.63) is 35.5 Å². The van der Waals surface area contributed by atoms with Gasteiger partial charge in [0.05, 0.1) is 6.04 Å². The number of aromatic nitrogens is 1. The Balaban J connectivity index is 2.35. The Bertz CT molecular complexity index is 402. The van der Waals surface area contributed by atoms with E-state index in [1.54, 1.807) is 17.3 Å². The molecule has 1 aliphatic rings. The molecule has 0 fully saturated rings. The number of amides is 1. The Hall–Kier alpha value is -1.29. The molecule has 1 amide bonds.